The number of aromatic nitrogens is 2. The summed E-state index contributed by atoms with van der Waals surface area (Å²) in [6.07, 6.45) is 0.181. The van der Waals surface area contributed by atoms with Gasteiger partial charge in [0.05, 0.1) is 23.2 Å². The van der Waals surface area contributed by atoms with E-state index in [9.17, 15) is 14.7 Å². The first-order valence-electron chi connectivity index (χ1n) is 12.2. The number of nitrogens with one attached hydrogen (secondary N) is 1. The van der Waals surface area contributed by atoms with Crippen molar-refractivity contribution in [3.63, 3.8) is 0 Å². The van der Waals surface area contributed by atoms with E-state index in [1.807, 2.05) is 36.4 Å². The summed E-state index contributed by atoms with van der Waals surface area (Å²) < 4.78 is 5.35. The maximum absolute atomic E-state index is 13.3. The number of aromatic amines is 1. The van der Waals surface area contributed by atoms with Crippen LogP contribution < -0.4 is 0 Å². The number of carbonyl (C=O) groups excluding carboxylic acids is 1. The summed E-state index contributed by atoms with van der Waals surface area (Å²) in [6.45, 7) is 0.369. The van der Waals surface area contributed by atoms with Crippen LogP contribution in [0.25, 0.3) is 33.5 Å². The molecule has 1 atom stereocenters. The van der Waals surface area contributed by atoms with Gasteiger partial charge < -0.3 is 14.8 Å². The van der Waals surface area contributed by atoms with E-state index in [0.717, 1.165) is 16.6 Å². The fraction of sp³-hybridized carbons (Fsp3) is 0.129. The minimum atomic E-state index is -1.15. The van der Waals surface area contributed by atoms with Crippen LogP contribution in [0, 0.1) is 0 Å². The number of carbonyl (C=O) groups is 2. The molecule has 0 unspecified atom stereocenters. The lowest BCUT2D eigenvalue weighted by Crippen LogP contribution is -2.13. The van der Waals surface area contributed by atoms with E-state index in [0.29, 0.717) is 44.7 Å². The first-order chi connectivity index (χ1) is 18.8. The normalized spacial score (nSPS) is 12.0. The van der Waals surface area contributed by atoms with E-state index in [1.54, 1.807) is 49.6 Å². The number of Topliss-reactive ketones (excluding diaryl/α,β-unsaturated/α-hetero) is 1. The summed E-state index contributed by atoms with van der Waals surface area (Å²) in [7, 11) is 1.59. The molecule has 0 saturated heterocycles. The van der Waals surface area contributed by atoms with Crippen molar-refractivity contribution in [3.05, 3.63) is 112 Å². The molecule has 6 nitrogen and oxygen atoms in total. The summed E-state index contributed by atoms with van der Waals surface area (Å²) in [5.74, 6) is -0.938. The standard InChI is InChI=1S/C31H24Cl2N2O4/c1-39-17-20(18-5-3-2-4-6-18)14-29(36)19-7-10-23(26(13-19)31(37)38)25-15-21(32)8-11-24(25)30-34-27-12-9-22(33)16-28(27)35-30/h2-13,15-16,20H,14,17H2,1H3,(H,34,35)(H,37,38)/t20-/m1/s1. The molecule has 196 valence electrons. The maximum Gasteiger partial charge on any atom is 0.336 e. The van der Waals surface area contributed by atoms with E-state index < -0.39 is 5.97 Å². The molecule has 39 heavy (non-hydrogen) atoms. The van der Waals surface area contributed by atoms with Crippen LogP contribution in [0.5, 0.6) is 0 Å². The van der Waals surface area contributed by atoms with Crippen LogP contribution in [0.15, 0.2) is 84.9 Å². The molecule has 0 radical (unpaired) electrons. The zero-order valence-electron chi connectivity index (χ0n) is 20.9. The highest BCUT2D eigenvalue weighted by Crippen LogP contribution is 2.37. The molecule has 4 aromatic carbocycles. The van der Waals surface area contributed by atoms with E-state index in [-0.39, 0.29) is 23.7 Å². The highest BCUT2D eigenvalue weighted by Gasteiger charge is 2.22. The van der Waals surface area contributed by atoms with Crippen LogP contribution in [-0.4, -0.2) is 40.5 Å². The molecule has 0 amide bonds. The zero-order chi connectivity index (χ0) is 27.5. The number of benzene rings is 4. The van der Waals surface area contributed by atoms with Crippen molar-refractivity contribution in [2.75, 3.05) is 13.7 Å². The third-order valence-corrected chi connectivity index (χ3v) is 7.08. The largest absolute Gasteiger partial charge is 0.478 e. The molecule has 0 fully saturated rings. The predicted molar refractivity (Wildman–Crippen MR) is 154 cm³/mol. The topological polar surface area (TPSA) is 92.3 Å². The second-order valence-corrected chi connectivity index (χ2v) is 10.1. The lowest BCUT2D eigenvalue weighted by molar-refractivity contribution is 0.0697. The molecule has 1 heterocycles. The fourth-order valence-corrected chi connectivity index (χ4v) is 5.07. The average molecular weight is 559 g/mol. The SMILES string of the molecule is COC[C@@H](CC(=O)c1ccc(-c2cc(Cl)ccc2-c2nc3ccc(Cl)cc3[nH]2)c(C(=O)O)c1)c1ccccc1. The number of carboxylic acids is 1. The fourth-order valence-electron chi connectivity index (χ4n) is 4.73. The molecule has 0 spiro atoms. The first kappa shape index (κ1) is 26.6. The summed E-state index contributed by atoms with van der Waals surface area (Å²) in [4.78, 5) is 33.7. The smallest absolute Gasteiger partial charge is 0.336 e. The van der Waals surface area contributed by atoms with E-state index in [1.165, 1.54) is 6.07 Å². The number of imidazole rings is 1. The molecule has 5 aromatic rings. The molecule has 0 aliphatic heterocycles. The Morgan fingerprint density at radius 2 is 1.62 bits per heavy atom. The van der Waals surface area contributed by atoms with E-state index in [2.05, 4.69) is 9.97 Å². The molecule has 5 rings (SSSR count). The second-order valence-electron chi connectivity index (χ2n) is 9.19. The zero-order valence-corrected chi connectivity index (χ0v) is 22.5. The number of H-pyrrole nitrogens is 1. The van der Waals surface area contributed by atoms with Gasteiger partial charge in [-0.1, -0.05) is 65.7 Å². The van der Waals surface area contributed by atoms with Crippen molar-refractivity contribution >= 4 is 46.0 Å². The number of hydrogen-bond donors (Lipinski definition) is 2. The van der Waals surface area contributed by atoms with Gasteiger partial charge in [-0.25, -0.2) is 9.78 Å². The number of halogens is 2. The number of aromatic carboxylic acids is 1. The van der Waals surface area contributed by atoms with Gasteiger partial charge in [-0.3, -0.25) is 4.79 Å². The van der Waals surface area contributed by atoms with E-state index >= 15 is 0 Å². The predicted octanol–water partition coefficient (Wildman–Crippen LogP) is 7.90. The summed E-state index contributed by atoms with van der Waals surface area (Å²) >= 11 is 12.5. The Kier molecular flexibility index (Phi) is 7.79. The molecule has 0 saturated carbocycles. The maximum atomic E-state index is 13.3. The number of methoxy groups -OCH3 is 1. The summed E-state index contributed by atoms with van der Waals surface area (Å²) in [5, 5.41) is 11.2. The highest BCUT2D eigenvalue weighted by atomic mass is 35.5. The Morgan fingerprint density at radius 3 is 2.36 bits per heavy atom. The van der Waals surface area contributed by atoms with Crippen LogP contribution in [0.2, 0.25) is 10.0 Å². The number of ether oxygens (including phenoxy) is 1. The Bertz CT molecular complexity index is 1680. The minimum absolute atomic E-state index is 0.00785. The highest BCUT2D eigenvalue weighted by molar-refractivity contribution is 6.31. The van der Waals surface area contributed by atoms with Gasteiger partial charge in [0.2, 0.25) is 0 Å². The second kappa shape index (κ2) is 11.4. The van der Waals surface area contributed by atoms with Crippen molar-refractivity contribution in [1.29, 1.82) is 0 Å². The van der Waals surface area contributed by atoms with Crippen molar-refractivity contribution in [2.24, 2.45) is 0 Å². The van der Waals surface area contributed by atoms with Crippen molar-refractivity contribution in [2.45, 2.75) is 12.3 Å². The van der Waals surface area contributed by atoms with Gasteiger partial charge >= 0.3 is 5.97 Å². The molecule has 0 aliphatic carbocycles. The summed E-state index contributed by atoms with van der Waals surface area (Å²) in [5.41, 5.74) is 4.43. The van der Waals surface area contributed by atoms with Crippen LogP contribution in [0.3, 0.4) is 0 Å². The molecule has 1 aromatic heterocycles. The van der Waals surface area contributed by atoms with Gasteiger partial charge in [0.25, 0.3) is 0 Å². The number of rotatable bonds is 9. The molecule has 2 N–H and O–H groups in total. The van der Waals surface area contributed by atoms with Gasteiger partial charge in [-0.2, -0.15) is 0 Å². The van der Waals surface area contributed by atoms with Crippen molar-refractivity contribution in [3.8, 4) is 22.5 Å². The van der Waals surface area contributed by atoms with Gasteiger partial charge in [0.1, 0.15) is 5.82 Å². The average Bonchev–Trinajstić information content (AvgIpc) is 3.35. The van der Waals surface area contributed by atoms with Crippen LogP contribution >= 0.6 is 23.2 Å². The monoisotopic (exact) mass is 558 g/mol. The quantitative estimate of drug-likeness (QED) is 0.179. The minimum Gasteiger partial charge on any atom is -0.478 e. The van der Waals surface area contributed by atoms with Gasteiger partial charge in [0.15, 0.2) is 5.78 Å². The van der Waals surface area contributed by atoms with E-state index in [4.69, 9.17) is 27.9 Å². The number of carboxylic acid groups (broad SMARTS) is 1. The van der Waals surface area contributed by atoms with Gasteiger partial charge in [-0.15, -0.1) is 0 Å². The Morgan fingerprint density at radius 1 is 0.897 bits per heavy atom. The van der Waals surface area contributed by atoms with Crippen LogP contribution in [0.1, 0.15) is 38.6 Å². The van der Waals surface area contributed by atoms with Crippen molar-refractivity contribution in [1.82, 2.24) is 9.97 Å². The van der Waals surface area contributed by atoms with Crippen LogP contribution in [-0.2, 0) is 4.74 Å². The molecular formula is C31H24Cl2N2O4. The number of nitrogens with zero attached hydrogens (tertiary/aromatic N) is 1. The number of ketones is 1. The Balaban J connectivity index is 1.54. The van der Waals surface area contributed by atoms with Gasteiger partial charge in [-0.05, 0) is 59.2 Å². The Labute approximate surface area is 235 Å². The lowest BCUT2D eigenvalue weighted by Gasteiger charge is -2.17. The first-order valence-corrected chi connectivity index (χ1v) is 13.0. The van der Waals surface area contributed by atoms with Gasteiger partial charge in [0, 0.05) is 40.6 Å². The molecule has 8 heteroatoms. The lowest BCUT2D eigenvalue weighted by atomic mass is 9.89. The number of fused-ring (bicyclic) bond motifs is 1. The molecule has 0 bridgehead atoms. The van der Waals surface area contributed by atoms with Crippen LogP contribution in [0.4, 0.5) is 0 Å². The molecular weight excluding hydrogens is 535 g/mol. The van der Waals surface area contributed by atoms with Crippen molar-refractivity contribution < 1.29 is 19.4 Å². The molecule has 0 aliphatic rings. The third-order valence-electron chi connectivity index (χ3n) is 6.61. The number of hydrogen-bond acceptors (Lipinski definition) is 4. The third kappa shape index (κ3) is 5.73. The summed E-state index contributed by atoms with van der Waals surface area (Å²) in [6, 6.07) is 24.9. The Hall–Kier alpha value is -3.97.